The molecular formula is C20H43P. The smallest absolute Gasteiger partial charge is 0.0207 e. The summed E-state index contributed by atoms with van der Waals surface area (Å²) in [4.78, 5) is 0. The van der Waals surface area contributed by atoms with Crippen LogP contribution in [0.5, 0.6) is 0 Å². The highest BCUT2D eigenvalue weighted by atomic mass is 31.1. The van der Waals surface area contributed by atoms with E-state index in [4.69, 9.17) is 0 Å². The Morgan fingerprint density at radius 2 is 1.05 bits per heavy atom. The Morgan fingerprint density at radius 1 is 0.667 bits per heavy atom. The zero-order valence-electron chi connectivity index (χ0n) is 15.8. The third-order valence-electron chi connectivity index (χ3n) is 4.86. The van der Waals surface area contributed by atoms with Gasteiger partial charge in [-0.05, 0) is 49.6 Å². The number of unbranched alkanes of at least 4 members (excludes halogenated alkanes) is 1. The Kier molecular flexibility index (Phi) is 15.6. The van der Waals surface area contributed by atoms with Gasteiger partial charge in [0.05, 0.1) is 0 Å². The van der Waals surface area contributed by atoms with Crippen molar-refractivity contribution < 1.29 is 0 Å². The first-order chi connectivity index (χ1) is 10.4. The van der Waals surface area contributed by atoms with Crippen molar-refractivity contribution in [2.24, 2.45) is 0 Å². The quantitative estimate of drug-likeness (QED) is 0.451. The molecule has 0 aromatic carbocycles. The second-order valence-corrected chi connectivity index (χ2v) is 9.11. The molecule has 1 heteroatoms. The van der Waals surface area contributed by atoms with Gasteiger partial charge < -0.3 is 0 Å². The van der Waals surface area contributed by atoms with Crippen molar-refractivity contribution in [2.75, 3.05) is 6.16 Å². The Labute approximate surface area is 137 Å². The van der Waals surface area contributed by atoms with E-state index in [0.717, 1.165) is 0 Å². The summed E-state index contributed by atoms with van der Waals surface area (Å²) in [5, 5.41) is 0. The normalized spacial score (nSPS) is 20.3. The third kappa shape index (κ3) is 8.59. The number of hydrogen-bond acceptors (Lipinski definition) is 0. The van der Waals surface area contributed by atoms with E-state index in [0.29, 0.717) is 7.92 Å². The van der Waals surface area contributed by atoms with E-state index in [2.05, 4.69) is 6.92 Å². The second-order valence-electron chi connectivity index (χ2n) is 6.18. The van der Waals surface area contributed by atoms with Gasteiger partial charge in [-0.2, -0.15) is 0 Å². The maximum absolute atomic E-state index is 2.37. The topological polar surface area (TPSA) is 0 Å². The molecule has 0 atom stereocenters. The molecule has 0 bridgehead atoms. The maximum Gasteiger partial charge on any atom is -0.0207 e. The largest absolute Gasteiger partial charge is 0.100 e. The standard InChI is InChI=1S/C16H31P.2C2H6/c1-2-3-14-17(15-10-6-4-7-11-15)16-12-8-5-9-13-16;2*1-2/h15-16H,2-14H2,1H3;2*1-2H3. The molecule has 0 aromatic rings. The monoisotopic (exact) mass is 314 g/mol. The molecule has 0 unspecified atom stereocenters. The van der Waals surface area contributed by atoms with Crippen molar-refractivity contribution in [2.45, 2.75) is 123 Å². The van der Waals surface area contributed by atoms with E-state index in [1.807, 2.05) is 27.7 Å². The third-order valence-corrected chi connectivity index (χ3v) is 8.60. The van der Waals surface area contributed by atoms with Gasteiger partial charge >= 0.3 is 0 Å². The molecule has 0 amide bonds. The summed E-state index contributed by atoms with van der Waals surface area (Å²) in [5.41, 5.74) is 2.35. The molecule has 0 saturated heterocycles. The minimum atomic E-state index is 0.397. The van der Waals surface area contributed by atoms with Gasteiger partial charge in [-0.25, -0.2) is 0 Å². The molecule has 2 aliphatic rings. The van der Waals surface area contributed by atoms with Gasteiger partial charge in [0.25, 0.3) is 0 Å². The molecule has 0 N–H and O–H groups in total. The fourth-order valence-electron chi connectivity index (χ4n) is 3.83. The predicted octanol–water partition coefficient (Wildman–Crippen LogP) is 7.99. The summed E-state index contributed by atoms with van der Waals surface area (Å²) in [6, 6.07) is 0. The van der Waals surface area contributed by atoms with Gasteiger partial charge in [0.15, 0.2) is 0 Å². The van der Waals surface area contributed by atoms with Gasteiger partial charge in [-0.1, -0.05) is 79.6 Å². The lowest BCUT2D eigenvalue weighted by Crippen LogP contribution is -2.21. The van der Waals surface area contributed by atoms with Gasteiger partial charge in [0, 0.05) is 0 Å². The minimum Gasteiger partial charge on any atom is -0.100 e. The minimum absolute atomic E-state index is 0.397. The maximum atomic E-state index is 2.37. The average Bonchev–Trinajstić information content (AvgIpc) is 2.61. The first kappa shape index (κ1) is 21.4. The van der Waals surface area contributed by atoms with Crippen molar-refractivity contribution in [1.29, 1.82) is 0 Å². The summed E-state index contributed by atoms with van der Waals surface area (Å²) in [6.07, 6.45) is 20.1. The first-order valence-corrected chi connectivity index (χ1v) is 11.8. The fourth-order valence-corrected chi connectivity index (χ4v) is 7.89. The molecule has 0 nitrogen and oxygen atoms in total. The molecule has 0 aliphatic heterocycles. The van der Waals surface area contributed by atoms with E-state index in [-0.39, 0.29) is 0 Å². The van der Waals surface area contributed by atoms with E-state index in [1.165, 1.54) is 37.0 Å². The van der Waals surface area contributed by atoms with Gasteiger partial charge in [0.1, 0.15) is 0 Å². The summed E-state index contributed by atoms with van der Waals surface area (Å²) >= 11 is 0. The lowest BCUT2D eigenvalue weighted by atomic mass is 9.99. The van der Waals surface area contributed by atoms with Crippen LogP contribution in [0.25, 0.3) is 0 Å². The highest BCUT2D eigenvalue weighted by Crippen LogP contribution is 2.56. The average molecular weight is 315 g/mol. The SMILES string of the molecule is CC.CC.CCCCP(C1CCCCC1)C1CCCCC1. The van der Waals surface area contributed by atoms with Crippen LogP contribution < -0.4 is 0 Å². The molecule has 2 fully saturated rings. The Hall–Kier alpha value is 0.430. The van der Waals surface area contributed by atoms with Crippen LogP contribution in [0.15, 0.2) is 0 Å². The van der Waals surface area contributed by atoms with Gasteiger partial charge in [-0.3, -0.25) is 0 Å². The van der Waals surface area contributed by atoms with E-state index in [1.54, 1.807) is 57.5 Å². The van der Waals surface area contributed by atoms with Gasteiger partial charge in [0.2, 0.25) is 0 Å². The van der Waals surface area contributed by atoms with Crippen LogP contribution >= 0.6 is 7.92 Å². The van der Waals surface area contributed by atoms with Crippen LogP contribution in [0.4, 0.5) is 0 Å². The Bertz CT molecular complexity index is 172. The van der Waals surface area contributed by atoms with Crippen LogP contribution in [0.3, 0.4) is 0 Å². The molecule has 0 heterocycles. The molecular weight excluding hydrogens is 271 g/mol. The summed E-state index contributed by atoms with van der Waals surface area (Å²) < 4.78 is 0. The van der Waals surface area contributed by atoms with Crippen molar-refractivity contribution in [3.05, 3.63) is 0 Å². The zero-order chi connectivity index (χ0) is 15.9. The predicted molar refractivity (Wildman–Crippen MR) is 103 cm³/mol. The Morgan fingerprint density at radius 3 is 1.38 bits per heavy atom. The number of hydrogen-bond donors (Lipinski definition) is 0. The van der Waals surface area contributed by atoms with Crippen LogP contribution in [-0.4, -0.2) is 17.5 Å². The van der Waals surface area contributed by atoms with Crippen molar-refractivity contribution >= 4 is 7.92 Å². The van der Waals surface area contributed by atoms with Crippen LogP contribution in [0.1, 0.15) is 112 Å². The second kappa shape index (κ2) is 15.3. The Balaban J connectivity index is 0.000000921. The lowest BCUT2D eigenvalue weighted by Gasteiger charge is -2.38. The molecule has 0 aromatic heterocycles. The van der Waals surface area contributed by atoms with Gasteiger partial charge in [-0.15, -0.1) is 7.92 Å². The van der Waals surface area contributed by atoms with E-state index >= 15 is 0 Å². The zero-order valence-corrected chi connectivity index (χ0v) is 16.7. The summed E-state index contributed by atoms with van der Waals surface area (Å²) in [5.74, 6) is 0. The van der Waals surface area contributed by atoms with Crippen LogP contribution in [0, 0.1) is 0 Å². The summed E-state index contributed by atoms with van der Waals surface area (Å²) in [6.45, 7) is 10.4. The van der Waals surface area contributed by atoms with Crippen LogP contribution in [-0.2, 0) is 0 Å². The van der Waals surface area contributed by atoms with E-state index in [9.17, 15) is 0 Å². The lowest BCUT2D eigenvalue weighted by molar-refractivity contribution is 0.483. The molecule has 2 saturated carbocycles. The summed E-state index contributed by atoms with van der Waals surface area (Å²) in [7, 11) is 0.397. The fraction of sp³-hybridized carbons (Fsp3) is 1.00. The molecule has 0 radical (unpaired) electrons. The van der Waals surface area contributed by atoms with Crippen LogP contribution in [0.2, 0.25) is 0 Å². The molecule has 128 valence electrons. The van der Waals surface area contributed by atoms with Crippen molar-refractivity contribution in [3.63, 3.8) is 0 Å². The molecule has 2 aliphatic carbocycles. The number of rotatable bonds is 5. The van der Waals surface area contributed by atoms with Crippen molar-refractivity contribution in [3.8, 4) is 0 Å². The molecule has 2 rings (SSSR count). The molecule has 0 spiro atoms. The highest BCUT2D eigenvalue weighted by molar-refractivity contribution is 7.59. The van der Waals surface area contributed by atoms with E-state index < -0.39 is 0 Å². The first-order valence-electron chi connectivity index (χ1n) is 10.2. The molecule has 21 heavy (non-hydrogen) atoms. The van der Waals surface area contributed by atoms with Crippen molar-refractivity contribution in [1.82, 2.24) is 0 Å². The highest BCUT2D eigenvalue weighted by Gasteiger charge is 2.30.